The predicted molar refractivity (Wildman–Crippen MR) is 132 cm³/mol. The molecule has 0 bridgehead atoms. The number of nitrogens with one attached hydrogen (secondary N) is 3. The summed E-state index contributed by atoms with van der Waals surface area (Å²) in [5, 5.41) is 22.8. The molecule has 1 aromatic carbocycles. The van der Waals surface area contributed by atoms with Gasteiger partial charge in [-0.15, -0.1) is 0 Å². The standard InChI is InChI=1S/C26H29N5O3/c1-26(2,34)12-11-18-7-8-20-9-10-22(24(32)31(3)23(20)15-18)30-25(33)29-17-19(16-27)14-21-6-4-5-13-28-21/h4-8,13,15-17,22,27,34H,9-10,14H2,1-3H3,(H2,29,30,33)/b19-17-,27-16?/t22-/m0/s1. The summed E-state index contributed by atoms with van der Waals surface area (Å²) in [6.45, 7) is 3.22. The number of benzene rings is 1. The number of aliphatic hydroxyl groups is 1. The number of carbonyl (C=O) groups is 2. The summed E-state index contributed by atoms with van der Waals surface area (Å²) in [6, 6.07) is 9.91. The molecule has 4 N–H and O–H groups in total. The van der Waals surface area contributed by atoms with E-state index in [0.29, 0.717) is 30.4 Å². The monoisotopic (exact) mass is 459 g/mol. The Labute approximate surface area is 199 Å². The van der Waals surface area contributed by atoms with E-state index in [2.05, 4.69) is 27.5 Å². The van der Waals surface area contributed by atoms with Crippen LogP contribution < -0.4 is 15.5 Å². The number of urea groups is 1. The largest absolute Gasteiger partial charge is 0.378 e. The van der Waals surface area contributed by atoms with E-state index in [-0.39, 0.29) is 5.91 Å². The molecule has 0 spiro atoms. The molecule has 1 aliphatic rings. The second-order valence-corrected chi connectivity index (χ2v) is 8.62. The van der Waals surface area contributed by atoms with Crippen LogP contribution in [0, 0.1) is 17.3 Å². The van der Waals surface area contributed by atoms with Crippen LogP contribution in [0.2, 0.25) is 0 Å². The van der Waals surface area contributed by atoms with Crippen molar-refractivity contribution >= 4 is 23.8 Å². The number of fused-ring (bicyclic) bond motifs is 1. The zero-order chi connectivity index (χ0) is 24.7. The topological polar surface area (TPSA) is 118 Å². The first-order chi connectivity index (χ1) is 16.2. The first-order valence-electron chi connectivity index (χ1n) is 11.0. The Hall–Kier alpha value is -3.96. The molecule has 0 fully saturated rings. The molecule has 3 rings (SSSR count). The molecule has 0 unspecified atom stereocenters. The maximum Gasteiger partial charge on any atom is 0.319 e. The fourth-order valence-corrected chi connectivity index (χ4v) is 3.51. The highest BCUT2D eigenvalue weighted by Gasteiger charge is 2.29. The van der Waals surface area contributed by atoms with Crippen molar-refractivity contribution in [2.75, 3.05) is 11.9 Å². The van der Waals surface area contributed by atoms with Crippen molar-refractivity contribution in [3.8, 4) is 11.8 Å². The molecule has 8 nitrogen and oxygen atoms in total. The fraction of sp³-hybridized carbons (Fsp3) is 0.308. The van der Waals surface area contributed by atoms with E-state index >= 15 is 0 Å². The van der Waals surface area contributed by atoms with Crippen LogP contribution in [-0.2, 0) is 17.6 Å². The smallest absolute Gasteiger partial charge is 0.319 e. The van der Waals surface area contributed by atoms with E-state index in [4.69, 9.17) is 5.41 Å². The zero-order valence-electron chi connectivity index (χ0n) is 19.6. The number of allylic oxidation sites excluding steroid dienone is 1. The highest BCUT2D eigenvalue weighted by Crippen LogP contribution is 2.27. The van der Waals surface area contributed by atoms with E-state index in [1.807, 2.05) is 36.4 Å². The van der Waals surface area contributed by atoms with Gasteiger partial charge in [-0.2, -0.15) is 0 Å². The van der Waals surface area contributed by atoms with Crippen molar-refractivity contribution in [2.24, 2.45) is 0 Å². The first-order valence-corrected chi connectivity index (χ1v) is 11.0. The molecule has 1 aliphatic heterocycles. The summed E-state index contributed by atoms with van der Waals surface area (Å²) in [5.41, 5.74) is 2.66. The van der Waals surface area contributed by atoms with Gasteiger partial charge in [0.05, 0.1) is 0 Å². The van der Waals surface area contributed by atoms with E-state index in [1.54, 1.807) is 27.1 Å². The fourth-order valence-electron chi connectivity index (χ4n) is 3.51. The molecule has 8 heteroatoms. The lowest BCUT2D eigenvalue weighted by molar-refractivity contribution is -0.120. The minimum atomic E-state index is -1.11. The number of hydrogen-bond donors (Lipinski definition) is 4. The number of rotatable bonds is 5. The molecule has 1 atom stereocenters. The summed E-state index contributed by atoms with van der Waals surface area (Å²) >= 11 is 0. The summed E-state index contributed by atoms with van der Waals surface area (Å²) in [4.78, 5) is 31.3. The summed E-state index contributed by atoms with van der Waals surface area (Å²) in [7, 11) is 1.67. The van der Waals surface area contributed by atoms with Crippen molar-refractivity contribution in [2.45, 2.75) is 44.8 Å². The van der Waals surface area contributed by atoms with Crippen LogP contribution in [0.1, 0.15) is 37.1 Å². The minimum Gasteiger partial charge on any atom is -0.378 e. The van der Waals surface area contributed by atoms with Crippen molar-refractivity contribution in [3.05, 3.63) is 71.2 Å². The highest BCUT2D eigenvalue weighted by molar-refractivity contribution is 6.00. The van der Waals surface area contributed by atoms with Gasteiger partial charge in [0.25, 0.3) is 0 Å². The van der Waals surface area contributed by atoms with Gasteiger partial charge in [0.2, 0.25) is 5.91 Å². The normalized spacial score (nSPS) is 16.0. The Bertz CT molecular complexity index is 1160. The number of likely N-dealkylation sites (N-methyl/N-ethyl adjacent to an activating group) is 1. The lowest BCUT2D eigenvalue weighted by Gasteiger charge is -2.22. The average Bonchev–Trinajstić information content (AvgIpc) is 2.92. The molecule has 176 valence electrons. The van der Waals surface area contributed by atoms with Gasteiger partial charge in [0.15, 0.2) is 0 Å². The maximum absolute atomic E-state index is 13.1. The Balaban J connectivity index is 1.66. The quantitative estimate of drug-likeness (QED) is 0.406. The second kappa shape index (κ2) is 10.8. The van der Waals surface area contributed by atoms with E-state index in [0.717, 1.165) is 23.2 Å². The summed E-state index contributed by atoms with van der Waals surface area (Å²) in [5.74, 6) is 5.48. The molecule has 2 heterocycles. The van der Waals surface area contributed by atoms with Crippen LogP contribution in [0.15, 0.2) is 54.4 Å². The number of anilines is 1. The molecular formula is C26H29N5O3. The van der Waals surface area contributed by atoms with Gasteiger partial charge in [0.1, 0.15) is 11.6 Å². The van der Waals surface area contributed by atoms with Crippen molar-refractivity contribution in [1.82, 2.24) is 15.6 Å². The highest BCUT2D eigenvalue weighted by atomic mass is 16.3. The number of aryl methyl sites for hydroxylation is 1. The van der Waals surface area contributed by atoms with E-state index in [9.17, 15) is 14.7 Å². The lowest BCUT2D eigenvalue weighted by Crippen LogP contribution is -2.49. The maximum atomic E-state index is 13.1. The number of nitrogens with zero attached hydrogens (tertiary/aromatic N) is 2. The molecule has 0 saturated carbocycles. The van der Waals surface area contributed by atoms with Crippen LogP contribution in [-0.4, -0.2) is 46.9 Å². The van der Waals surface area contributed by atoms with Crippen LogP contribution in [0.4, 0.5) is 10.5 Å². The molecule has 0 radical (unpaired) electrons. The Morgan fingerprint density at radius 2 is 2.15 bits per heavy atom. The van der Waals surface area contributed by atoms with Gasteiger partial charge in [-0.05, 0) is 62.1 Å². The SMILES string of the molecule is CN1C(=O)[C@@H](NC(=O)N/C=C(\C=N)Cc2ccccn2)CCc2ccc(C#CC(C)(C)O)cc21. The van der Waals surface area contributed by atoms with Crippen molar-refractivity contribution in [3.63, 3.8) is 0 Å². The predicted octanol–water partition coefficient (Wildman–Crippen LogP) is 2.56. The van der Waals surface area contributed by atoms with Gasteiger partial charge >= 0.3 is 6.03 Å². The van der Waals surface area contributed by atoms with Crippen molar-refractivity contribution in [1.29, 1.82) is 5.41 Å². The number of aromatic nitrogens is 1. The van der Waals surface area contributed by atoms with Gasteiger partial charge in [0, 0.05) is 49.0 Å². The summed E-state index contributed by atoms with van der Waals surface area (Å²) in [6.07, 6.45) is 5.75. The minimum absolute atomic E-state index is 0.230. The van der Waals surface area contributed by atoms with Gasteiger partial charge < -0.3 is 26.0 Å². The van der Waals surface area contributed by atoms with Crippen LogP contribution in [0.5, 0.6) is 0 Å². The summed E-state index contributed by atoms with van der Waals surface area (Å²) < 4.78 is 0. The van der Waals surface area contributed by atoms with Crippen LogP contribution in [0.25, 0.3) is 0 Å². The molecule has 34 heavy (non-hydrogen) atoms. The Morgan fingerprint density at radius 1 is 1.35 bits per heavy atom. The van der Waals surface area contributed by atoms with Gasteiger partial charge in [-0.1, -0.05) is 24.0 Å². The van der Waals surface area contributed by atoms with Gasteiger partial charge in [-0.25, -0.2) is 4.79 Å². The third-order valence-corrected chi connectivity index (χ3v) is 5.28. The zero-order valence-corrected chi connectivity index (χ0v) is 19.6. The molecule has 2 aromatic rings. The molecule has 0 aliphatic carbocycles. The lowest BCUT2D eigenvalue weighted by atomic mass is 10.0. The molecule has 0 saturated heterocycles. The van der Waals surface area contributed by atoms with E-state index in [1.165, 1.54) is 11.1 Å². The first kappa shape index (κ1) is 24.7. The van der Waals surface area contributed by atoms with Crippen LogP contribution in [0.3, 0.4) is 0 Å². The van der Waals surface area contributed by atoms with Gasteiger partial charge in [-0.3, -0.25) is 9.78 Å². The number of pyridine rings is 1. The second-order valence-electron chi connectivity index (χ2n) is 8.62. The Morgan fingerprint density at radius 3 is 2.82 bits per heavy atom. The van der Waals surface area contributed by atoms with Crippen LogP contribution >= 0.6 is 0 Å². The third kappa shape index (κ3) is 6.77. The molecule has 1 aromatic heterocycles. The Kier molecular flexibility index (Phi) is 7.82. The number of amides is 3. The number of hydrogen-bond acceptors (Lipinski definition) is 5. The third-order valence-electron chi connectivity index (χ3n) is 5.28. The number of carbonyl (C=O) groups excluding carboxylic acids is 2. The average molecular weight is 460 g/mol. The van der Waals surface area contributed by atoms with Crippen molar-refractivity contribution < 1.29 is 14.7 Å². The molecule has 3 amide bonds. The molecular weight excluding hydrogens is 430 g/mol. The van der Waals surface area contributed by atoms with E-state index < -0.39 is 17.7 Å².